The van der Waals surface area contributed by atoms with Gasteiger partial charge in [-0.25, -0.2) is 4.98 Å². The molecule has 1 heterocycles. The smallest absolute Gasteiger partial charge is 0.181 e. The van der Waals surface area contributed by atoms with E-state index in [1.807, 2.05) is 6.26 Å². The average molecular weight is 115 g/mol. The van der Waals surface area contributed by atoms with Gasteiger partial charge in [0.2, 0.25) is 0 Å². The highest BCUT2D eigenvalue weighted by Crippen LogP contribution is 2.08. The molecule has 0 atom stereocenters. The second-order valence-electron chi connectivity index (χ2n) is 1.03. The van der Waals surface area contributed by atoms with Crippen LogP contribution >= 0.6 is 11.8 Å². The second kappa shape index (κ2) is 2.02. The van der Waals surface area contributed by atoms with E-state index in [0.29, 0.717) is 0 Å². The van der Waals surface area contributed by atoms with Crippen LogP contribution in [0.15, 0.2) is 22.1 Å². The Labute approximate surface area is 45.9 Å². The third-order valence-electron chi connectivity index (χ3n) is 0.619. The molecule has 0 aliphatic rings. The highest BCUT2D eigenvalue weighted by atomic mass is 32.2. The van der Waals surface area contributed by atoms with Gasteiger partial charge in [0.05, 0.1) is 0 Å². The van der Waals surface area contributed by atoms with Crippen LogP contribution in [-0.2, 0) is 0 Å². The van der Waals surface area contributed by atoms with Gasteiger partial charge < -0.3 is 4.42 Å². The van der Waals surface area contributed by atoms with Gasteiger partial charge >= 0.3 is 0 Å². The summed E-state index contributed by atoms with van der Waals surface area (Å²) in [6.45, 7) is 0. The summed E-state index contributed by atoms with van der Waals surface area (Å²) in [5.41, 5.74) is 0. The predicted octanol–water partition coefficient (Wildman–Crippen LogP) is 1.40. The molecule has 38 valence electrons. The Morgan fingerprint density at radius 1 is 1.86 bits per heavy atom. The lowest BCUT2D eigenvalue weighted by Crippen LogP contribution is -1.59. The quantitative estimate of drug-likeness (QED) is 0.517. The summed E-state index contributed by atoms with van der Waals surface area (Å²) in [5, 5.41) is 0.931. The third-order valence-corrected chi connectivity index (χ3v) is 1.24. The van der Waals surface area contributed by atoms with Crippen molar-refractivity contribution in [1.82, 2.24) is 4.98 Å². The van der Waals surface area contributed by atoms with Gasteiger partial charge in [0.15, 0.2) is 6.39 Å². The molecule has 0 fully saturated rings. The van der Waals surface area contributed by atoms with Gasteiger partial charge in [-0.3, -0.25) is 0 Å². The Hall–Kier alpha value is -0.440. The summed E-state index contributed by atoms with van der Waals surface area (Å²) in [6, 6.07) is 0. The standard InChI is InChI=1S/C4H5NOS/c1-7-4-2-6-3-5-4/h2-3H,1H3. The monoisotopic (exact) mass is 115 g/mol. The fourth-order valence-corrected chi connectivity index (χ4v) is 0.602. The number of aromatic nitrogens is 1. The van der Waals surface area contributed by atoms with Crippen molar-refractivity contribution in [3.05, 3.63) is 12.7 Å². The highest BCUT2D eigenvalue weighted by molar-refractivity contribution is 7.98. The molecule has 0 aromatic carbocycles. The molecule has 0 bridgehead atoms. The van der Waals surface area contributed by atoms with Crippen molar-refractivity contribution >= 4 is 11.8 Å². The first kappa shape index (κ1) is 4.71. The summed E-state index contributed by atoms with van der Waals surface area (Å²) in [5.74, 6) is 0. The Morgan fingerprint density at radius 3 is 3.00 bits per heavy atom. The van der Waals surface area contributed by atoms with Crippen LogP contribution in [0.2, 0.25) is 0 Å². The third kappa shape index (κ3) is 0.962. The van der Waals surface area contributed by atoms with Crippen molar-refractivity contribution in [3.8, 4) is 0 Å². The molecule has 0 saturated carbocycles. The Morgan fingerprint density at radius 2 is 2.71 bits per heavy atom. The molecule has 0 amide bonds. The number of hydrogen-bond donors (Lipinski definition) is 0. The van der Waals surface area contributed by atoms with Crippen LogP contribution < -0.4 is 0 Å². The van der Waals surface area contributed by atoms with Crippen molar-refractivity contribution in [2.45, 2.75) is 5.03 Å². The fraction of sp³-hybridized carbons (Fsp3) is 0.250. The number of oxazole rings is 1. The Kier molecular flexibility index (Phi) is 1.36. The lowest BCUT2D eigenvalue weighted by atomic mass is 11.0. The summed E-state index contributed by atoms with van der Waals surface area (Å²) >= 11 is 1.57. The van der Waals surface area contributed by atoms with E-state index in [0.717, 1.165) is 5.03 Å². The molecule has 1 aromatic heterocycles. The van der Waals surface area contributed by atoms with Crippen LogP contribution in [0.3, 0.4) is 0 Å². The molecule has 2 nitrogen and oxygen atoms in total. The molecule has 0 aliphatic carbocycles. The van der Waals surface area contributed by atoms with Gasteiger partial charge in [0.1, 0.15) is 11.3 Å². The lowest BCUT2D eigenvalue weighted by Gasteiger charge is -1.75. The van der Waals surface area contributed by atoms with E-state index in [1.54, 1.807) is 18.0 Å². The Bertz CT molecular complexity index is 126. The molecule has 0 radical (unpaired) electrons. The van der Waals surface area contributed by atoms with Crippen molar-refractivity contribution < 1.29 is 4.42 Å². The maximum absolute atomic E-state index is 4.67. The van der Waals surface area contributed by atoms with Gasteiger partial charge in [-0.05, 0) is 6.26 Å². The van der Waals surface area contributed by atoms with Crippen LogP contribution in [0.4, 0.5) is 0 Å². The minimum Gasteiger partial charge on any atom is -0.451 e. The molecular weight excluding hydrogens is 110 g/mol. The molecular formula is C4H5NOS. The topological polar surface area (TPSA) is 26.0 Å². The summed E-state index contributed by atoms with van der Waals surface area (Å²) < 4.78 is 4.67. The molecule has 0 unspecified atom stereocenters. The van der Waals surface area contributed by atoms with Gasteiger partial charge in [0, 0.05) is 0 Å². The number of thioether (sulfide) groups is 1. The van der Waals surface area contributed by atoms with E-state index in [2.05, 4.69) is 9.40 Å². The average Bonchev–Trinajstić information content (AvgIpc) is 2.14. The van der Waals surface area contributed by atoms with E-state index < -0.39 is 0 Å². The zero-order valence-corrected chi connectivity index (χ0v) is 4.73. The number of rotatable bonds is 1. The minimum atomic E-state index is 0.931. The van der Waals surface area contributed by atoms with Gasteiger partial charge in [-0.1, -0.05) is 0 Å². The second-order valence-corrected chi connectivity index (χ2v) is 1.86. The summed E-state index contributed by atoms with van der Waals surface area (Å²) in [4.78, 5) is 3.83. The SMILES string of the molecule is CSc1cocn1. The molecule has 0 saturated heterocycles. The van der Waals surface area contributed by atoms with Crippen LogP contribution in [-0.4, -0.2) is 11.2 Å². The summed E-state index contributed by atoms with van der Waals surface area (Å²) in [7, 11) is 0. The molecule has 1 aromatic rings. The summed E-state index contributed by atoms with van der Waals surface area (Å²) in [6.07, 6.45) is 4.99. The van der Waals surface area contributed by atoms with Crippen molar-refractivity contribution in [3.63, 3.8) is 0 Å². The van der Waals surface area contributed by atoms with E-state index >= 15 is 0 Å². The fourth-order valence-electron chi connectivity index (χ4n) is 0.302. The first-order valence-electron chi connectivity index (χ1n) is 1.85. The number of hydrogen-bond acceptors (Lipinski definition) is 3. The molecule has 7 heavy (non-hydrogen) atoms. The van der Waals surface area contributed by atoms with Crippen molar-refractivity contribution in [2.75, 3.05) is 6.26 Å². The molecule has 0 aliphatic heterocycles. The lowest BCUT2D eigenvalue weighted by molar-refractivity contribution is 0.555. The first-order valence-corrected chi connectivity index (χ1v) is 3.08. The molecule has 3 heteroatoms. The Balaban J connectivity index is 2.76. The van der Waals surface area contributed by atoms with E-state index in [-0.39, 0.29) is 0 Å². The zero-order valence-electron chi connectivity index (χ0n) is 3.92. The minimum absolute atomic E-state index is 0.931. The van der Waals surface area contributed by atoms with E-state index in [1.165, 1.54) is 6.39 Å². The van der Waals surface area contributed by atoms with Crippen LogP contribution in [0.25, 0.3) is 0 Å². The molecule has 0 spiro atoms. The normalized spacial score (nSPS) is 9.29. The highest BCUT2D eigenvalue weighted by Gasteiger charge is 1.86. The number of nitrogens with zero attached hydrogens (tertiary/aromatic N) is 1. The van der Waals surface area contributed by atoms with Gasteiger partial charge in [-0.15, -0.1) is 11.8 Å². The maximum Gasteiger partial charge on any atom is 0.181 e. The van der Waals surface area contributed by atoms with Gasteiger partial charge in [-0.2, -0.15) is 0 Å². The predicted molar refractivity (Wildman–Crippen MR) is 28.3 cm³/mol. The van der Waals surface area contributed by atoms with Gasteiger partial charge in [0.25, 0.3) is 0 Å². The van der Waals surface area contributed by atoms with E-state index in [4.69, 9.17) is 0 Å². The van der Waals surface area contributed by atoms with Crippen LogP contribution in [0.5, 0.6) is 0 Å². The van der Waals surface area contributed by atoms with Crippen molar-refractivity contribution in [1.29, 1.82) is 0 Å². The zero-order chi connectivity index (χ0) is 5.11. The van der Waals surface area contributed by atoms with Crippen LogP contribution in [0.1, 0.15) is 0 Å². The first-order chi connectivity index (χ1) is 3.43. The van der Waals surface area contributed by atoms with Crippen LogP contribution in [0, 0.1) is 0 Å². The van der Waals surface area contributed by atoms with E-state index in [9.17, 15) is 0 Å². The molecule has 1 rings (SSSR count). The van der Waals surface area contributed by atoms with Crippen molar-refractivity contribution in [2.24, 2.45) is 0 Å². The maximum atomic E-state index is 4.67. The molecule has 0 N–H and O–H groups in total. The largest absolute Gasteiger partial charge is 0.451 e.